The first-order valence-electron chi connectivity index (χ1n) is 6.70. The predicted octanol–water partition coefficient (Wildman–Crippen LogP) is 1.56. The largest absolute Gasteiger partial charge is 0.478 e. The third kappa shape index (κ3) is 3.36. The zero-order valence-corrected chi connectivity index (χ0v) is 11.7. The van der Waals surface area contributed by atoms with Gasteiger partial charge < -0.3 is 14.7 Å². The molecule has 108 valence electrons. The van der Waals surface area contributed by atoms with Gasteiger partial charge in [-0.15, -0.1) is 0 Å². The van der Waals surface area contributed by atoms with Crippen LogP contribution in [0.5, 0.6) is 0 Å². The third-order valence-electron chi connectivity index (χ3n) is 3.48. The second kappa shape index (κ2) is 6.05. The minimum Gasteiger partial charge on any atom is -0.478 e. The molecule has 0 bridgehead atoms. The predicted molar refractivity (Wildman–Crippen MR) is 73.7 cm³/mol. The van der Waals surface area contributed by atoms with Crippen LogP contribution in [-0.4, -0.2) is 47.2 Å². The Morgan fingerprint density at radius 3 is 2.55 bits per heavy atom. The molecule has 1 saturated heterocycles. The fourth-order valence-electron chi connectivity index (χ4n) is 2.29. The molecule has 0 aromatic heterocycles. The lowest BCUT2D eigenvalue weighted by molar-refractivity contribution is -0.142. The molecule has 2 rings (SSSR count). The standard InChI is InChI=1S/C15H19NO4/c1-10-9-20-11(2)8-16(10)14(17)7-12-3-5-13(6-4-12)15(18)19/h3-6,10-11H,7-9H2,1-2H3,(H,18,19). The van der Waals surface area contributed by atoms with Gasteiger partial charge in [0.2, 0.25) is 5.91 Å². The molecule has 0 aliphatic carbocycles. The second-order valence-electron chi connectivity index (χ2n) is 5.22. The van der Waals surface area contributed by atoms with Gasteiger partial charge in [0.25, 0.3) is 0 Å². The van der Waals surface area contributed by atoms with Crippen LogP contribution in [0.2, 0.25) is 0 Å². The van der Waals surface area contributed by atoms with E-state index in [2.05, 4.69) is 0 Å². The van der Waals surface area contributed by atoms with Crippen LogP contribution in [0.15, 0.2) is 24.3 Å². The lowest BCUT2D eigenvalue weighted by atomic mass is 10.1. The Kier molecular flexibility index (Phi) is 4.39. The average molecular weight is 277 g/mol. The highest BCUT2D eigenvalue weighted by Gasteiger charge is 2.27. The first-order valence-corrected chi connectivity index (χ1v) is 6.70. The summed E-state index contributed by atoms with van der Waals surface area (Å²) in [5.41, 5.74) is 1.06. The van der Waals surface area contributed by atoms with Crippen LogP contribution in [0.25, 0.3) is 0 Å². The van der Waals surface area contributed by atoms with E-state index >= 15 is 0 Å². The van der Waals surface area contributed by atoms with Crippen molar-refractivity contribution in [3.8, 4) is 0 Å². The molecule has 1 aromatic carbocycles. The molecule has 1 heterocycles. The van der Waals surface area contributed by atoms with Crippen LogP contribution in [0.3, 0.4) is 0 Å². The first-order chi connectivity index (χ1) is 9.47. The zero-order valence-electron chi connectivity index (χ0n) is 11.7. The number of ether oxygens (including phenoxy) is 1. The summed E-state index contributed by atoms with van der Waals surface area (Å²) < 4.78 is 5.50. The summed E-state index contributed by atoms with van der Waals surface area (Å²) in [5, 5.41) is 8.84. The van der Waals surface area contributed by atoms with Crippen LogP contribution >= 0.6 is 0 Å². The minimum absolute atomic E-state index is 0.0516. The summed E-state index contributed by atoms with van der Waals surface area (Å²) in [4.78, 5) is 24.9. The molecule has 2 atom stereocenters. The summed E-state index contributed by atoms with van der Waals surface area (Å²) in [7, 11) is 0. The molecule has 5 heteroatoms. The van der Waals surface area contributed by atoms with Crippen LogP contribution in [-0.2, 0) is 16.0 Å². The highest BCUT2D eigenvalue weighted by molar-refractivity contribution is 5.87. The van der Waals surface area contributed by atoms with Gasteiger partial charge in [-0.3, -0.25) is 4.79 Å². The molecule has 1 aliphatic heterocycles. The van der Waals surface area contributed by atoms with Gasteiger partial charge in [-0.1, -0.05) is 12.1 Å². The Balaban J connectivity index is 2.01. The molecule has 1 aliphatic rings. The van der Waals surface area contributed by atoms with Crippen molar-refractivity contribution >= 4 is 11.9 Å². The van der Waals surface area contributed by atoms with Crippen molar-refractivity contribution in [1.29, 1.82) is 0 Å². The maximum Gasteiger partial charge on any atom is 0.335 e. The number of rotatable bonds is 3. The van der Waals surface area contributed by atoms with Crippen molar-refractivity contribution in [3.05, 3.63) is 35.4 Å². The highest BCUT2D eigenvalue weighted by atomic mass is 16.5. The number of benzene rings is 1. The number of carboxylic acid groups (broad SMARTS) is 1. The number of aromatic carboxylic acids is 1. The Morgan fingerprint density at radius 1 is 1.30 bits per heavy atom. The first kappa shape index (κ1) is 14.5. The molecule has 1 N–H and O–H groups in total. The number of carbonyl (C=O) groups excluding carboxylic acids is 1. The number of nitrogens with zero attached hydrogens (tertiary/aromatic N) is 1. The van der Waals surface area contributed by atoms with Gasteiger partial charge in [-0.25, -0.2) is 4.79 Å². The van der Waals surface area contributed by atoms with E-state index in [0.29, 0.717) is 13.2 Å². The van der Waals surface area contributed by atoms with Gasteiger partial charge in [0, 0.05) is 6.54 Å². The number of hydrogen-bond donors (Lipinski definition) is 1. The molecule has 0 saturated carbocycles. The average Bonchev–Trinajstić information content (AvgIpc) is 2.42. The van der Waals surface area contributed by atoms with E-state index in [4.69, 9.17) is 9.84 Å². The van der Waals surface area contributed by atoms with E-state index in [1.54, 1.807) is 12.1 Å². The Morgan fingerprint density at radius 2 is 1.95 bits per heavy atom. The number of morpholine rings is 1. The van der Waals surface area contributed by atoms with Gasteiger partial charge >= 0.3 is 5.97 Å². The van der Waals surface area contributed by atoms with Crippen LogP contribution in [0.4, 0.5) is 0 Å². The van der Waals surface area contributed by atoms with Gasteiger partial charge in [-0.2, -0.15) is 0 Å². The molecule has 20 heavy (non-hydrogen) atoms. The van der Waals surface area contributed by atoms with Gasteiger partial charge in [0.15, 0.2) is 0 Å². The van der Waals surface area contributed by atoms with Gasteiger partial charge in [0.05, 0.1) is 30.7 Å². The van der Waals surface area contributed by atoms with E-state index in [1.165, 1.54) is 12.1 Å². The molecule has 2 unspecified atom stereocenters. The fraction of sp³-hybridized carbons (Fsp3) is 0.467. The van der Waals surface area contributed by atoms with Crippen LogP contribution < -0.4 is 0 Å². The molecule has 5 nitrogen and oxygen atoms in total. The highest BCUT2D eigenvalue weighted by Crippen LogP contribution is 2.14. The van der Waals surface area contributed by atoms with Crippen molar-refractivity contribution in [2.45, 2.75) is 32.4 Å². The number of hydrogen-bond acceptors (Lipinski definition) is 3. The van der Waals surface area contributed by atoms with E-state index < -0.39 is 5.97 Å². The Hall–Kier alpha value is -1.88. The van der Waals surface area contributed by atoms with Crippen LogP contribution in [0.1, 0.15) is 29.8 Å². The van der Waals surface area contributed by atoms with E-state index in [-0.39, 0.29) is 30.0 Å². The zero-order chi connectivity index (χ0) is 14.7. The maximum absolute atomic E-state index is 12.3. The molecule has 1 fully saturated rings. The van der Waals surface area contributed by atoms with Crippen molar-refractivity contribution in [2.75, 3.05) is 13.2 Å². The quantitative estimate of drug-likeness (QED) is 0.910. The summed E-state index contributed by atoms with van der Waals surface area (Å²) in [6, 6.07) is 6.51. The molecule has 1 aromatic rings. The van der Waals surface area contributed by atoms with E-state index in [1.807, 2.05) is 18.7 Å². The van der Waals surface area contributed by atoms with Gasteiger partial charge in [0.1, 0.15) is 0 Å². The SMILES string of the molecule is CC1CN(C(=O)Cc2ccc(C(=O)O)cc2)C(C)CO1. The summed E-state index contributed by atoms with van der Waals surface area (Å²) in [6.07, 6.45) is 0.348. The summed E-state index contributed by atoms with van der Waals surface area (Å²) >= 11 is 0. The van der Waals surface area contributed by atoms with Crippen LogP contribution in [0, 0.1) is 0 Å². The normalized spacial score (nSPS) is 22.6. The lowest BCUT2D eigenvalue weighted by Gasteiger charge is -2.36. The monoisotopic (exact) mass is 277 g/mol. The third-order valence-corrected chi connectivity index (χ3v) is 3.48. The van der Waals surface area contributed by atoms with Crippen molar-refractivity contribution in [3.63, 3.8) is 0 Å². The molecule has 1 amide bonds. The summed E-state index contributed by atoms with van der Waals surface area (Å²) in [6.45, 7) is 5.09. The fourth-order valence-corrected chi connectivity index (χ4v) is 2.29. The number of carboxylic acids is 1. The molecular weight excluding hydrogens is 258 g/mol. The van der Waals surface area contributed by atoms with Crippen molar-refractivity contribution in [1.82, 2.24) is 4.90 Å². The van der Waals surface area contributed by atoms with Gasteiger partial charge in [-0.05, 0) is 31.5 Å². The van der Waals surface area contributed by atoms with Crippen molar-refractivity contribution < 1.29 is 19.4 Å². The Labute approximate surface area is 118 Å². The summed E-state index contributed by atoms with van der Waals surface area (Å²) in [5.74, 6) is -0.908. The Bertz CT molecular complexity index is 497. The second-order valence-corrected chi connectivity index (χ2v) is 5.22. The smallest absolute Gasteiger partial charge is 0.335 e. The molecular formula is C15H19NO4. The van der Waals surface area contributed by atoms with E-state index in [9.17, 15) is 9.59 Å². The lowest BCUT2D eigenvalue weighted by Crippen LogP contribution is -2.50. The number of amides is 1. The molecule has 0 spiro atoms. The van der Waals surface area contributed by atoms with Crippen molar-refractivity contribution in [2.24, 2.45) is 0 Å². The molecule has 0 radical (unpaired) electrons. The van der Waals surface area contributed by atoms with E-state index in [0.717, 1.165) is 5.56 Å². The topological polar surface area (TPSA) is 66.8 Å². The minimum atomic E-state index is -0.960. The number of carbonyl (C=O) groups is 2. The maximum atomic E-state index is 12.3.